The van der Waals surface area contributed by atoms with Crippen molar-refractivity contribution in [3.63, 3.8) is 0 Å². The number of ether oxygens (including phenoxy) is 1. The molecule has 4 nitrogen and oxygen atoms in total. The largest absolute Gasteiger partial charge is 0.371 e. The van der Waals surface area contributed by atoms with Gasteiger partial charge in [0, 0.05) is 19.6 Å². The fraction of sp³-hybridized carbons (Fsp3) is 0.786. The number of piperidine rings is 1. The van der Waals surface area contributed by atoms with Crippen LogP contribution in [0, 0.1) is 11.8 Å². The number of ketones is 1. The number of carbonyl (C=O) groups is 1. The second kappa shape index (κ2) is 10.1. The van der Waals surface area contributed by atoms with Crippen LogP contribution in [0.25, 0.3) is 0 Å². The number of nitrogens with zero attached hydrogens (tertiary/aromatic N) is 1. The highest BCUT2D eigenvalue weighted by Gasteiger charge is 2.08. The van der Waals surface area contributed by atoms with E-state index >= 15 is 0 Å². The van der Waals surface area contributed by atoms with Crippen LogP contribution in [0.3, 0.4) is 0 Å². The predicted octanol–water partition coefficient (Wildman–Crippen LogP) is 0.671. The first-order chi connectivity index (χ1) is 8.83. The molecule has 0 aromatic carbocycles. The van der Waals surface area contributed by atoms with Gasteiger partial charge in [-0.05, 0) is 38.8 Å². The Kier molecular flexibility index (Phi) is 8.49. The zero-order valence-corrected chi connectivity index (χ0v) is 11.3. The third-order valence-corrected chi connectivity index (χ3v) is 2.97. The molecular weight excluding hydrogens is 228 g/mol. The van der Waals surface area contributed by atoms with E-state index in [0.717, 1.165) is 19.6 Å². The summed E-state index contributed by atoms with van der Waals surface area (Å²) in [4.78, 5) is 13.5. The lowest BCUT2D eigenvalue weighted by Gasteiger charge is -2.26. The van der Waals surface area contributed by atoms with Gasteiger partial charge in [0.2, 0.25) is 5.78 Å². The van der Waals surface area contributed by atoms with Crippen molar-refractivity contribution in [3.8, 4) is 11.8 Å². The van der Waals surface area contributed by atoms with E-state index in [0.29, 0.717) is 6.61 Å². The second-order valence-electron chi connectivity index (χ2n) is 4.50. The highest BCUT2D eigenvalue weighted by molar-refractivity contribution is 5.96. The Balaban J connectivity index is 1.86. The summed E-state index contributed by atoms with van der Waals surface area (Å²) in [5.41, 5.74) is 0. The lowest BCUT2D eigenvalue weighted by Crippen LogP contribution is -2.36. The molecular formula is C14H24N2O2. The summed E-state index contributed by atoms with van der Waals surface area (Å²) in [6.07, 6.45) is 4.06. The third kappa shape index (κ3) is 7.44. The van der Waals surface area contributed by atoms with Crippen molar-refractivity contribution < 1.29 is 9.53 Å². The van der Waals surface area contributed by atoms with Crippen LogP contribution >= 0.6 is 0 Å². The van der Waals surface area contributed by atoms with Crippen molar-refractivity contribution in [3.05, 3.63) is 0 Å². The standard InChI is InChI=1S/C14H24N2O2/c1-2-6-14(17)13-18-12-8-15-7-11-16-9-4-3-5-10-16/h15H,3-5,7-13H2,1H3. The number of rotatable bonds is 8. The zero-order valence-electron chi connectivity index (χ0n) is 11.3. The normalized spacial score (nSPS) is 16.1. The fourth-order valence-electron chi connectivity index (χ4n) is 2.03. The van der Waals surface area contributed by atoms with Crippen molar-refractivity contribution in [2.75, 3.05) is 45.9 Å². The van der Waals surface area contributed by atoms with Gasteiger partial charge in [0.1, 0.15) is 6.61 Å². The van der Waals surface area contributed by atoms with Gasteiger partial charge in [-0.2, -0.15) is 0 Å². The first-order valence-electron chi connectivity index (χ1n) is 6.79. The molecule has 0 amide bonds. The molecule has 0 aliphatic carbocycles. The number of hydrogen-bond donors (Lipinski definition) is 1. The molecule has 1 fully saturated rings. The molecule has 1 aliphatic heterocycles. The number of hydrogen-bond acceptors (Lipinski definition) is 4. The maximum atomic E-state index is 11.0. The minimum atomic E-state index is -0.147. The molecule has 0 spiro atoms. The average molecular weight is 252 g/mol. The van der Waals surface area contributed by atoms with Gasteiger partial charge < -0.3 is 15.0 Å². The van der Waals surface area contributed by atoms with E-state index in [1.54, 1.807) is 6.92 Å². The Morgan fingerprint density at radius 2 is 2.06 bits per heavy atom. The number of likely N-dealkylation sites (tertiary alicyclic amines) is 1. The first kappa shape index (κ1) is 15.2. The molecule has 4 heteroatoms. The lowest BCUT2D eigenvalue weighted by atomic mass is 10.1. The van der Waals surface area contributed by atoms with Gasteiger partial charge in [-0.1, -0.05) is 12.3 Å². The molecule has 102 valence electrons. The topological polar surface area (TPSA) is 41.6 Å². The Hall–Kier alpha value is -0.890. The molecule has 18 heavy (non-hydrogen) atoms. The van der Waals surface area contributed by atoms with E-state index in [1.165, 1.54) is 32.4 Å². The van der Waals surface area contributed by atoms with Crippen LogP contribution in [0.15, 0.2) is 0 Å². The van der Waals surface area contributed by atoms with E-state index in [-0.39, 0.29) is 12.4 Å². The van der Waals surface area contributed by atoms with Gasteiger partial charge in [0.05, 0.1) is 6.61 Å². The summed E-state index contributed by atoms with van der Waals surface area (Å²) >= 11 is 0. The van der Waals surface area contributed by atoms with Crippen molar-refractivity contribution in [2.45, 2.75) is 26.2 Å². The molecule has 0 bridgehead atoms. The van der Waals surface area contributed by atoms with Crippen LogP contribution in [0.1, 0.15) is 26.2 Å². The van der Waals surface area contributed by atoms with Gasteiger partial charge in [-0.15, -0.1) is 0 Å². The summed E-state index contributed by atoms with van der Waals surface area (Å²) < 4.78 is 5.21. The van der Waals surface area contributed by atoms with Crippen molar-refractivity contribution in [1.82, 2.24) is 10.2 Å². The maximum Gasteiger partial charge on any atom is 0.231 e. The number of Topliss-reactive ketones (excluding diaryl/α,β-unsaturated/α-hetero) is 1. The van der Waals surface area contributed by atoms with Crippen LogP contribution < -0.4 is 5.32 Å². The van der Waals surface area contributed by atoms with Crippen molar-refractivity contribution in [2.24, 2.45) is 0 Å². The first-order valence-corrected chi connectivity index (χ1v) is 6.79. The van der Waals surface area contributed by atoms with Crippen molar-refractivity contribution >= 4 is 5.78 Å². The monoisotopic (exact) mass is 252 g/mol. The predicted molar refractivity (Wildman–Crippen MR) is 72.4 cm³/mol. The number of carbonyl (C=O) groups excluding carboxylic acids is 1. The fourth-order valence-corrected chi connectivity index (χ4v) is 2.03. The van der Waals surface area contributed by atoms with Crippen LogP contribution in [-0.2, 0) is 9.53 Å². The van der Waals surface area contributed by atoms with E-state index in [2.05, 4.69) is 22.1 Å². The van der Waals surface area contributed by atoms with Gasteiger partial charge in [0.25, 0.3) is 0 Å². The van der Waals surface area contributed by atoms with Crippen LogP contribution in [0.4, 0.5) is 0 Å². The third-order valence-electron chi connectivity index (χ3n) is 2.97. The maximum absolute atomic E-state index is 11.0. The van der Waals surface area contributed by atoms with Gasteiger partial charge in [-0.25, -0.2) is 0 Å². The molecule has 0 atom stereocenters. The smallest absolute Gasteiger partial charge is 0.231 e. The van der Waals surface area contributed by atoms with Gasteiger partial charge in [-0.3, -0.25) is 4.79 Å². The molecule has 0 aromatic heterocycles. The van der Waals surface area contributed by atoms with Crippen LogP contribution in [-0.4, -0.2) is 56.6 Å². The quantitative estimate of drug-likeness (QED) is 0.392. The Morgan fingerprint density at radius 1 is 1.28 bits per heavy atom. The zero-order chi connectivity index (χ0) is 13.1. The van der Waals surface area contributed by atoms with Crippen LogP contribution in [0.2, 0.25) is 0 Å². The summed E-state index contributed by atoms with van der Waals surface area (Å²) in [5.74, 6) is 4.87. The summed E-state index contributed by atoms with van der Waals surface area (Å²) in [5, 5.41) is 3.32. The molecule has 1 saturated heterocycles. The van der Waals surface area contributed by atoms with Gasteiger partial charge in [0.15, 0.2) is 0 Å². The Bertz CT molecular complexity index is 288. The highest BCUT2D eigenvalue weighted by Crippen LogP contribution is 2.06. The highest BCUT2D eigenvalue weighted by atomic mass is 16.5. The van der Waals surface area contributed by atoms with E-state index in [4.69, 9.17) is 4.74 Å². The minimum Gasteiger partial charge on any atom is -0.371 e. The molecule has 1 aliphatic rings. The Morgan fingerprint density at radius 3 is 2.78 bits per heavy atom. The molecule has 0 unspecified atom stereocenters. The molecule has 1 heterocycles. The lowest BCUT2D eigenvalue weighted by molar-refractivity contribution is -0.118. The van der Waals surface area contributed by atoms with Crippen LogP contribution in [0.5, 0.6) is 0 Å². The SMILES string of the molecule is CC#CC(=O)COCCNCCN1CCCCC1. The number of nitrogens with one attached hydrogen (secondary N) is 1. The Labute approximate surface area is 110 Å². The molecule has 0 aromatic rings. The average Bonchev–Trinajstić information content (AvgIpc) is 2.39. The van der Waals surface area contributed by atoms with E-state index in [1.807, 2.05) is 0 Å². The molecule has 0 radical (unpaired) electrons. The second-order valence-corrected chi connectivity index (χ2v) is 4.50. The summed E-state index contributed by atoms with van der Waals surface area (Å²) in [6.45, 7) is 7.70. The van der Waals surface area contributed by atoms with E-state index < -0.39 is 0 Å². The molecule has 1 N–H and O–H groups in total. The van der Waals surface area contributed by atoms with Crippen molar-refractivity contribution in [1.29, 1.82) is 0 Å². The molecule has 1 rings (SSSR count). The summed E-state index contributed by atoms with van der Waals surface area (Å²) in [6, 6.07) is 0. The minimum absolute atomic E-state index is 0.106. The van der Waals surface area contributed by atoms with Gasteiger partial charge >= 0.3 is 0 Å². The van der Waals surface area contributed by atoms with E-state index in [9.17, 15) is 4.79 Å². The summed E-state index contributed by atoms with van der Waals surface area (Å²) in [7, 11) is 0. The molecule has 0 saturated carbocycles.